The zero-order valence-electron chi connectivity index (χ0n) is 7.68. The highest BCUT2D eigenvalue weighted by atomic mass is 16.5. The molecular formula is C9H16O2. The SMILES string of the molecule is CC(=O)OCC=CC(C)(C)C. The van der Waals surface area contributed by atoms with Crippen molar-refractivity contribution < 1.29 is 9.53 Å². The highest BCUT2D eigenvalue weighted by Gasteiger charge is 2.02. The molecule has 2 heteroatoms. The Labute approximate surface area is 68.2 Å². The number of esters is 1. The smallest absolute Gasteiger partial charge is 0.302 e. The van der Waals surface area contributed by atoms with E-state index in [1.165, 1.54) is 6.92 Å². The summed E-state index contributed by atoms with van der Waals surface area (Å²) in [4.78, 5) is 10.3. The second-order valence-corrected chi connectivity index (χ2v) is 3.57. The fraction of sp³-hybridized carbons (Fsp3) is 0.667. The van der Waals surface area contributed by atoms with Crippen LogP contribution in [0.5, 0.6) is 0 Å². The zero-order valence-corrected chi connectivity index (χ0v) is 7.68. The third-order valence-electron chi connectivity index (χ3n) is 1.00. The fourth-order valence-electron chi connectivity index (χ4n) is 0.567. The first-order chi connectivity index (χ1) is 4.92. The van der Waals surface area contributed by atoms with E-state index in [2.05, 4.69) is 20.8 Å². The summed E-state index contributed by atoms with van der Waals surface area (Å²) in [6.45, 7) is 8.07. The topological polar surface area (TPSA) is 26.3 Å². The van der Waals surface area contributed by atoms with Crippen molar-refractivity contribution in [1.82, 2.24) is 0 Å². The molecule has 0 N–H and O–H groups in total. The first-order valence-corrected chi connectivity index (χ1v) is 3.73. The van der Waals surface area contributed by atoms with Crippen LogP contribution in [0.4, 0.5) is 0 Å². The first kappa shape index (κ1) is 10.2. The maximum Gasteiger partial charge on any atom is 0.302 e. The monoisotopic (exact) mass is 156 g/mol. The highest BCUT2D eigenvalue weighted by Crippen LogP contribution is 2.13. The molecule has 0 saturated carbocycles. The lowest BCUT2D eigenvalue weighted by molar-refractivity contribution is -0.139. The Kier molecular flexibility index (Phi) is 3.86. The van der Waals surface area contributed by atoms with Crippen LogP contribution in [0.3, 0.4) is 0 Å². The summed E-state index contributed by atoms with van der Waals surface area (Å²) < 4.78 is 4.71. The quantitative estimate of drug-likeness (QED) is 0.452. The molecule has 0 rings (SSSR count). The first-order valence-electron chi connectivity index (χ1n) is 3.73. The lowest BCUT2D eigenvalue weighted by atomic mass is 9.96. The molecule has 0 heterocycles. The molecular weight excluding hydrogens is 140 g/mol. The number of rotatable bonds is 2. The molecule has 2 nitrogen and oxygen atoms in total. The van der Waals surface area contributed by atoms with Crippen LogP contribution in [0.1, 0.15) is 27.7 Å². The van der Waals surface area contributed by atoms with Crippen LogP contribution < -0.4 is 0 Å². The molecule has 0 bridgehead atoms. The van der Waals surface area contributed by atoms with E-state index in [1.807, 2.05) is 12.2 Å². The van der Waals surface area contributed by atoms with E-state index in [1.54, 1.807) is 0 Å². The van der Waals surface area contributed by atoms with Crippen molar-refractivity contribution in [3.05, 3.63) is 12.2 Å². The van der Waals surface area contributed by atoms with Crippen LogP contribution in [-0.2, 0) is 9.53 Å². The minimum absolute atomic E-state index is 0.167. The average Bonchev–Trinajstić information content (AvgIpc) is 1.78. The maximum absolute atomic E-state index is 10.3. The van der Waals surface area contributed by atoms with E-state index in [0.29, 0.717) is 6.61 Å². The van der Waals surface area contributed by atoms with Crippen molar-refractivity contribution in [3.63, 3.8) is 0 Å². The van der Waals surface area contributed by atoms with Gasteiger partial charge in [-0.1, -0.05) is 32.9 Å². The normalized spacial score (nSPS) is 12.0. The lowest BCUT2D eigenvalue weighted by Gasteiger charge is -2.10. The molecule has 0 radical (unpaired) electrons. The zero-order chi connectivity index (χ0) is 8.91. The number of hydrogen-bond acceptors (Lipinski definition) is 2. The van der Waals surface area contributed by atoms with Gasteiger partial charge in [-0.2, -0.15) is 0 Å². The van der Waals surface area contributed by atoms with Crippen molar-refractivity contribution >= 4 is 5.97 Å². The Morgan fingerprint density at radius 2 is 2.00 bits per heavy atom. The molecule has 0 aliphatic rings. The lowest BCUT2D eigenvalue weighted by Crippen LogP contribution is -2.02. The molecule has 0 aliphatic carbocycles. The molecule has 0 saturated heterocycles. The molecule has 0 spiro atoms. The molecule has 11 heavy (non-hydrogen) atoms. The van der Waals surface area contributed by atoms with Gasteiger partial charge in [0.15, 0.2) is 0 Å². The van der Waals surface area contributed by atoms with Gasteiger partial charge in [-0.3, -0.25) is 4.79 Å². The van der Waals surface area contributed by atoms with Gasteiger partial charge in [-0.25, -0.2) is 0 Å². The molecule has 0 aromatic carbocycles. The highest BCUT2D eigenvalue weighted by molar-refractivity contribution is 5.65. The molecule has 64 valence electrons. The predicted molar refractivity (Wildman–Crippen MR) is 45.2 cm³/mol. The molecule has 0 aliphatic heterocycles. The summed E-state index contributed by atoms with van der Waals surface area (Å²) in [6, 6.07) is 0. The molecule has 0 unspecified atom stereocenters. The van der Waals surface area contributed by atoms with Gasteiger partial charge in [-0.15, -0.1) is 0 Å². The number of carbonyl (C=O) groups is 1. The second kappa shape index (κ2) is 4.16. The van der Waals surface area contributed by atoms with Crippen LogP contribution in [0.2, 0.25) is 0 Å². The number of ether oxygens (including phenoxy) is 1. The Bertz CT molecular complexity index is 151. The van der Waals surface area contributed by atoms with Gasteiger partial charge in [0, 0.05) is 6.92 Å². The van der Waals surface area contributed by atoms with Crippen molar-refractivity contribution in [3.8, 4) is 0 Å². The molecule has 0 aromatic rings. The average molecular weight is 156 g/mol. The summed E-state index contributed by atoms with van der Waals surface area (Å²) in [6.07, 6.45) is 3.89. The Morgan fingerprint density at radius 1 is 1.45 bits per heavy atom. The number of carbonyl (C=O) groups excluding carboxylic acids is 1. The van der Waals surface area contributed by atoms with Crippen molar-refractivity contribution in [2.45, 2.75) is 27.7 Å². The Balaban J connectivity index is 3.54. The van der Waals surface area contributed by atoms with Crippen LogP contribution in [0.15, 0.2) is 12.2 Å². The van der Waals surface area contributed by atoms with E-state index in [4.69, 9.17) is 4.74 Å². The second-order valence-electron chi connectivity index (χ2n) is 3.57. The minimum atomic E-state index is -0.233. The van der Waals surface area contributed by atoms with Crippen molar-refractivity contribution in [2.24, 2.45) is 5.41 Å². The molecule has 0 aromatic heterocycles. The Morgan fingerprint density at radius 3 is 2.36 bits per heavy atom. The molecule has 0 atom stereocenters. The van der Waals surface area contributed by atoms with Gasteiger partial charge >= 0.3 is 5.97 Å². The minimum Gasteiger partial charge on any atom is -0.462 e. The number of allylic oxidation sites excluding steroid dienone is 1. The van der Waals surface area contributed by atoms with Gasteiger partial charge in [0.05, 0.1) is 0 Å². The summed E-state index contributed by atoms with van der Waals surface area (Å²) >= 11 is 0. The third kappa shape index (κ3) is 9.21. The molecule has 0 fully saturated rings. The van der Waals surface area contributed by atoms with Gasteiger partial charge in [0.2, 0.25) is 0 Å². The van der Waals surface area contributed by atoms with Crippen molar-refractivity contribution in [1.29, 1.82) is 0 Å². The van der Waals surface area contributed by atoms with Crippen LogP contribution in [0, 0.1) is 5.41 Å². The van der Waals surface area contributed by atoms with E-state index >= 15 is 0 Å². The van der Waals surface area contributed by atoms with E-state index in [-0.39, 0.29) is 11.4 Å². The fourth-order valence-corrected chi connectivity index (χ4v) is 0.567. The maximum atomic E-state index is 10.3. The standard InChI is InChI=1S/C9H16O2/c1-8(10)11-7-5-6-9(2,3)4/h5-6H,7H2,1-4H3. The van der Waals surface area contributed by atoms with Crippen molar-refractivity contribution in [2.75, 3.05) is 6.61 Å². The molecule has 0 amide bonds. The summed E-state index contributed by atoms with van der Waals surface area (Å²) in [5.74, 6) is -0.233. The summed E-state index contributed by atoms with van der Waals surface area (Å²) in [5, 5.41) is 0. The van der Waals surface area contributed by atoms with E-state index in [9.17, 15) is 4.79 Å². The van der Waals surface area contributed by atoms with Crippen LogP contribution in [0.25, 0.3) is 0 Å². The largest absolute Gasteiger partial charge is 0.462 e. The van der Waals surface area contributed by atoms with Gasteiger partial charge in [-0.05, 0) is 5.41 Å². The van der Waals surface area contributed by atoms with Gasteiger partial charge in [0.1, 0.15) is 6.61 Å². The van der Waals surface area contributed by atoms with Crippen LogP contribution >= 0.6 is 0 Å². The summed E-state index contributed by atoms with van der Waals surface area (Å²) in [7, 11) is 0. The van der Waals surface area contributed by atoms with E-state index in [0.717, 1.165) is 0 Å². The van der Waals surface area contributed by atoms with Gasteiger partial charge < -0.3 is 4.74 Å². The summed E-state index contributed by atoms with van der Waals surface area (Å²) in [5.41, 5.74) is 0.167. The number of hydrogen-bond donors (Lipinski definition) is 0. The van der Waals surface area contributed by atoms with Crippen LogP contribution in [-0.4, -0.2) is 12.6 Å². The van der Waals surface area contributed by atoms with E-state index < -0.39 is 0 Å². The third-order valence-corrected chi connectivity index (χ3v) is 1.00. The van der Waals surface area contributed by atoms with Gasteiger partial charge in [0.25, 0.3) is 0 Å². The Hall–Kier alpha value is -0.790. The predicted octanol–water partition coefficient (Wildman–Crippen LogP) is 2.15.